The number of nitrogens with zero attached hydrogens (tertiary/aromatic N) is 5. The summed E-state index contributed by atoms with van der Waals surface area (Å²) < 4.78 is 9.25. The van der Waals surface area contributed by atoms with Crippen LogP contribution in [0.4, 0.5) is 5.82 Å². The Morgan fingerprint density at radius 2 is 2.00 bits per heavy atom. The first-order valence-corrected chi connectivity index (χ1v) is 9.88. The summed E-state index contributed by atoms with van der Waals surface area (Å²) in [6.45, 7) is 6.08. The van der Waals surface area contributed by atoms with Crippen LogP contribution in [-0.2, 0) is 6.54 Å². The molecule has 7 heteroatoms. The molecule has 4 aromatic rings. The van der Waals surface area contributed by atoms with Crippen molar-refractivity contribution in [2.24, 2.45) is 0 Å². The molecule has 0 radical (unpaired) electrons. The van der Waals surface area contributed by atoms with Gasteiger partial charge in [-0.25, -0.2) is 9.97 Å². The summed E-state index contributed by atoms with van der Waals surface area (Å²) in [4.78, 5) is 8.99. The predicted molar refractivity (Wildman–Crippen MR) is 114 cm³/mol. The Morgan fingerprint density at radius 3 is 2.69 bits per heavy atom. The molecule has 0 spiro atoms. The fourth-order valence-electron chi connectivity index (χ4n) is 3.27. The topological polar surface area (TPSA) is 69.3 Å². The largest absolute Gasteiger partial charge is 0.497 e. The van der Waals surface area contributed by atoms with Gasteiger partial charge in [0.25, 0.3) is 0 Å². The zero-order chi connectivity index (χ0) is 20.2. The smallest absolute Gasteiger partial charge is 0.165 e. The summed E-state index contributed by atoms with van der Waals surface area (Å²) in [7, 11) is 1.67. The van der Waals surface area contributed by atoms with Gasteiger partial charge in [0.15, 0.2) is 5.65 Å². The molecule has 3 aromatic heterocycles. The maximum Gasteiger partial charge on any atom is 0.165 e. The molecular formula is C22H26N6O. The van der Waals surface area contributed by atoms with Gasteiger partial charge in [-0.3, -0.25) is 0 Å². The third-order valence-electron chi connectivity index (χ3n) is 4.94. The standard InChI is InChI=1S/C22H26N6O/c1-16(2)20-13-21(24-9-4-11-27-12-10-23-15-27)28-22(26-20)19(14-25-28)17-5-7-18(29-3)8-6-17/h5-8,10,12-16,24H,4,9,11H2,1-3H3. The molecule has 0 unspecified atom stereocenters. The van der Waals surface area contributed by atoms with Crippen LogP contribution in [0.1, 0.15) is 31.9 Å². The molecule has 4 rings (SSSR count). The fourth-order valence-corrected chi connectivity index (χ4v) is 3.27. The van der Waals surface area contributed by atoms with Crippen LogP contribution in [0.25, 0.3) is 16.8 Å². The first-order valence-electron chi connectivity index (χ1n) is 9.88. The molecule has 3 heterocycles. The maximum atomic E-state index is 5.27. The van der Waals surface area contributed by atoms with Crippen molar-refractivity contribution in [3.05, 3.63) is 60.9 Å². The zero-order valence-corrected chi connectivity index (χ0v) is 17.0. The third kappa shape index (κ3) is 4.08. The minimum absolute atomic E-state index is 0.324. The van der Waals surface area contributed by atoms with Crippen molar-refractivity contribution in [1.82, 2.24) is 24.1 Å². The monoisotopic (exact) mass is 390 g/mol. The summed E-state index contributed by atoms with van der Waals surface area (Å²) in [6.07, 6.45) is 8.50. The van der Waals surface area contributed by atoms with Crippen molar-refractivity contribution in [3.8, 4) is 16.9 Å². The van der Waals surface area contributed by atoms with Crippen LogP contribution in [0.15, 0.2) is 55.2 Å². The summed E-state index contributed by atoms with van der Waals surface area (Å²) in [5.41, 5.74) is 3.99. The predicted octanol–water partition coefficient (Wildman–Crippen LogP) is 4.23. The number of aromatic nitrogens is 5. The van der Waals surface area contributed by atoms with E-state index >= 15 is 0 Å². The SMILES string of the molecule is COc1ccc(-c2cnn3c(NCCCn4ccnc4)cc(C(C)C)nc23)cc1. The van der Waals surface area contributed by atoms with Gasteiger partial charge < -0.3 is 14.6 Å². The highest BCUT2D eigenvalue weighted by atomic mass is 16.5. The quantitative estimate of drug-likeness (QED) is 0.456. The van der Waals surface area contributed by atoms with Gasteiger partial charge >= 0.3 is 0 Å². The molecule has 0 aliphatic rings. The lowest BCUT2D eigenvalue weighted by atomic mass is 10.1. The molecule has 0 aliphatic carbocycles. The van der Waals surface area contributed by atoms with Crippen LogP contribution in [-0.4, -0.2) is 37.8 Å². The van der Waals surface area contributed by atoms with Crippen molar-refractivity contribution >= 4 is 11.5 Å². The van der Waals surface area contributed by atoms with E-state index in [0.29, 0.717) is 5.92 Å². The highest BCUT2D eigenvalue weighted by Crippen LogP contribution is 2.28. The van der Waals surface area contributed by atoms with E-state index < -0.39 is 0 Å². The summed E-state index contributed by atoms with van der Waals surface area (Å²) in [5, 5.41) is 8.15. The van der Waals surface area contributed by atoms with E-state index in [4.69, 9.17) is 9.72 Å². The minimum atomic E-state index is 0.324. The van der Waals surface area contributed by atoms with Gasteiger partial charge in [-0.15, -0.1) is 0 Å². The molecule has 0 saturated heterocycles. The Bertz CT molecular complexity index is 1070. The van der Waals surface area contributed by atoms with E-state index in [1.165, 1.54) is 0 Å². The average Bonchev–Trinajstić information content (AvgIpc) is 3.41. The Hall–Kier alpha value is -3.35. The summed E-state index contributed by atoms with van der Waals surface area (Å²) >= 11 is 0. The van der Waals surface area contributed by atoms with Gasteiger partial charge in [0.2, 0.25) is 0 Å². The number of ether oxygens (including phenoxy) is 1. The minimum Gasteiger partial charge on any atom is -0.497 e. The molecule has 1 aromatic carbocycles. The fraction of sp³-hybridized carbons (Fsp3) is 0.318. The second-order valence-corrected chi connectivity index (χ2v) is 7.32. The number of fused-ring (bicyclic) bond motifs is 1. The lowest BCUT2D eigenvalue weighted by Gasteiger charge is -2.13. The first kappa shape index (κ1) is 19.0. The van der Waals surface area contributed by atoms with Crippen molar-refractivity contribution < 1.29 is 4.74 Å². The van der Waals surface area contributed by atoms with E-state index in [0.717, 1.165) is 53.5 Å². The number of benzene rings is 1. The van der Waals surface area contributed by atoms with Crippen molar-refractivity contribution in [2.75, 3.05) is 19.0 Å². The van der Waals surface area contributed by atoms with Gasteiger partial charge in [-0.1, -0.05) is 26.0 Å². The Balaban J connectivity index is 1.62. The van der Waals surface area contributed by atoms with E-state index in [9.17, 15) is 0 Å². The van der Waals surface area contributed by atoms with E-state index in [2.05, 4.69) is 39.9 Å². The van der Waals surface area contributed by atoms with E-state index in [-0.39, 0.29) is 0 Å². The third-order valence-corrected chi connectivity index (χ3v) is 4.94. The lowest BCUT2D eigenvalue weighted by Crippen LogP contribution is -2.11. The van der Waals surface area contributed by atoms with Gasteiger partial charge in [0.05, 0.1) is 19.6 Å². The Labute approximate surface area is 170 Å². The number of imidazole rings is 1. The van der Waals surface area contributed by atoms with Crippen LogP contribution in [0.3, 0.4) is 0 Å². The zero-order valence-electron chi connectivity index (χ0n) is 17.0. The molecule has 0 amide bonds. The van der Waals surface area contributed by atoms with Gasteiger partial charge in [-0.2, -0.15) is 9.61 Å². The van der Waals surface area contributed by atoms with Crippen molar-refractivity contribution in [1.29, 1.82) is 0 Å². The average molecular weight is 390 g/mol. The van der Waals surface area contributed by atoms with Crippen molar-refractivity contribution in [2.45, 2.75) is 32.7 Å². The normalized spacial score (nSPS) is 11.3. The van der Waals surface area contributed by atoms with Crippen molar-refractivity contribution in [3.63, 3.8) is 0 Å². The molecule has 7 nitrogen and oxygen atoms in total. The summed E-state index contributed by atoms with van der Waals surface area (Å²) in [6, 6.07) is 10.1. The molecule has 0 saturated carbocycles. The highest BCUT2D eigenvalue weighted by Gasteiger charge is 2.14. The number of hydrogen-bond acceptors (Lipinski definition) is 5. The van der Waals surface area contributed by atoms with E-state index in [1.807, 2.05) is 47.5 Å². The highest BCUT2D eigenvalue weighted by molar-refractivity contribution is 5.78. The number of hydrogen-bond donors (Lipinski definition) is 1. The van der Waals surface area contributed by atoms with Crippen LogP contribution in [0.2, 0.25) is 0 Å². The molecule has 0 atom stereocenters. The van der Waals surface area contributed by atoms with Crippen LogP contribution >= 0.6 is 0 Å². The Morgan fingerprint density at radius 1 is 1.17 bits per heavy atom. The number of methoxy groups -OCH3 is 1. The lowest BCUT2D eigenvalue weighted by molar-refractivity contribution is 0.415. The number of nitrogens with one attached hydrogen (secondary N) is 1. The van der Waals surface area contributed by atoms with Crippen LogP contribution in [0, 0.1) is 0 Å². The number of rotatable bonds is 8. The van der Waals surface area contributed by atoms with Gasteiger partial charge in [0.1, 0.15) is 11.6 Å². The molecule has 29 heavy (non-hydrogen) atoms. The number of anilines is 1. The van der Waals surface area contributed by atoms with Crippen LogP contribution < -0.4 is 10.1 Å². The number of aryl methyl sites for hydroxylation is 1. The molecule has 0 bridgehead atoms. The molecule has 0 aliphatic heterocycles. The molecule has 150 valence electrons. The molecular weight excluding hydrogens is 364 g/mol. The van der Waals surface area contributed by atoms with Crippen LogP contribution in [0.5, 0.6) is 5.75 Å². The molecule has 1 N–H and O–H groups in total. The first-order chi connectivity index (χ1) is 14.2. The Kier molecular flexibility index (Phi) is 5.46. The van der Waals surface area contributed by atoms with Gasteiger partial charge in [0, 0.05) is 42.8 Å². The maximum absolute atomic E-state index is 5.27. The second kappa shape index (κ2) is 8.34. The second-order valence-electron chi connectivity index (χ2n) is 7.32. The van der Waals surface area contributed by atoms with Gasteiger partial charge in [-0.05, 0) is 30.0 Å². The summed E-state index contributed by atoms with van der Waals surface area (Å²) in [5.74, 6) is 2.12. The van der Waals surface area contributed by atoms with E-state index in [1.54, 1.807) is 13.3 Å². The molecule has 0 fully saturated rings.